The van der Waals surface area contributed by atoms with Gasteiger partial charge >= 0.3 is 5.97 Å². The molecule has 0 saturated carbocycles. The van der Waals surface area contributed by atoms with Crippen LogP contribution in [-0.2, 0) is 42.8 Å². The lowest BCUT2D eigenvalue weighted by Gasteiger charge is -2.38. The van der Waals surface area contributed by atoms with E-state index in [0.717, 1.165) is 5.57 Å². The summed E-state index contributed by atoms with van der Waals surface area (Å²) < 4.78 is 35.9. The van der Waals surface area contributed by atoms with Crippen molar-refractivity contribution >= 4 is 18.2 Å². The molecule has 2 heterocycles. The summed E-state index contributed by atoms with van der Waals surface area (Å²) in [6, 6.07) is 0. The zero-order chi connectivity index (χ0) is 43.5. The van der Waals surface area contributed by atoms with Crippen LogP contribution in [0.15, 0.2) is 48.2 Å². The SMILES string of the molecule is COC1CC=C(C)C=CC(=O)OC(C(C)C(O)C(C)CCC(=O)C(C)C(OC)C(C)C=CN(C)C=O)C(C)C(O)CC(OC)C(CO)C(OC)CC2CC=CC(C1)O2. The fourth-order valence-corrected chi connectivity index (χ4v) is 8.27. The number of nitrogens with zero attached hydrogens (tertiary/aromatic N) is 1. The highest BCUT2D eigenvalue weighted by Crippen LogP contribution is 2.33. The van der Waals surface area contributed by atoms with E-state index in [9.17, 15) is 29.7 Å². The van der Waals surface area contributed by atoms with Crippen molar-refractivity contribution in [2.45, 2.75) is 141 Å². The summed E-state index contributed by atoms with van der Waals surface area (Å²) in [6.07, 6.45) is 11.5. The van der Waals surface area contributed by atoms with Crippen LogP contribution in [0.1, 0.15) is 86.5 Å². The summed E-state index contributed by atoms with van der Waals surface area (Å²) in [6.45, 7) is 10.8. The smallest absolute Gasteiger partial charge is 0.331 e. The number of fused-ring (bicyclic) bond motifs is 2. The molecule has 15 atom stereocenters. The van der Waals surface area contributed by atoms with Crippen LogP contribution < -0.4 is 0 Å². The third-order valence-corrected chi connectivity index (χ3v) is 12.3. The van der Waals surface area contributed by atoms with Gasteiger partial charge in [0.2, 0.25) is 6.41 Å². The zero-order valence-electron chi connectivity index (χ0n) is 36.9. The molecule has 58 heavy (non-hydrogen) atoms. The molecular weight excluding hydrogens is 746 g/mol. The monoisotopic (exact) mass is 822 g/mol. The number of cyclic esters (lactones) is 1. The average Bonchev–Trinajstić information content (AvgIpc) is 3.22. The van der Waals surface area contributed by atoms with E-state index in [2.05, 4.69) is 12.2 Å². The zero-order valence-corrected chi connectivity index (χ0v) is 36.9. The number of hydrogen-bond donors (Lipinski definition) is 3. The number of amides is 1. The lowest BCUT2D eigenvalue weighted by molar-refractivity contribution is -0.158. The summed E-state index contributed by atoms with van der Waals surface area (Å²) in [5.41, 5.74) is 0.840. The van der Waals surface area contributed by atoms with Crippen LogP contribution in [0.3, 0.4) is 0 Å². The third-order valence-electron chi connectivity index (χ3n) is 12.3. The molecule has 3 N–H and O–H groups in total. The topological polar surface area (TPSA) is 171 Å². The predicted octanol–water partition coefficient (Wildman–Crippen LogP) is 5.21. The van der Waals surface area contributed by atoms with Gasteiger partial charge in [-0.1, -0.05) is 70.6 Å². The number of esters is 1. The number of hydrogen-bond acceptors (Lipinski definition) is 12. The lowest BCUT2D eigenvalue weighted by Crippen LogP contribution is -2.46. The molecule has 0 spiro atoms. The second kappa shape index (κ2) is 26.5. The highest BCUT2D eigenvalue weighted by atomic mass is 16.5. The minimum absolute atomic E-state index is 0.0181. The van der Waals surface area contributed by atoms with Gasteiger partial charge < -0.3 is 48.6 Å². The Balaban J connectivity index is 2.37. The van der Waals surface area contributed by atoms with Crippen molar-refractivity contribution in [2.24, 2.45) is 35.5 Å². The molecule has 1 amide bonds. The molecule has 0 saturated heterocycles. The van der Waals surface area contributed by atoms with E-state index in [1.165, 1.54) is 18.1 Å². The molecule has 0 aromatic rings. The van der Waals surface area contributed by atoms with Crippen molar-refractivity contribution in [3.05, 3.63) is 48.2 Å². The van der Waals surface area contributed by atoms with E-state index in [1.807, 2.05) is 39.8 Å². The highest BCUT2D eigenvalue weighted by molar-refractivity contribution is 5.82. The van der Waals surface area contributed by atoms with E-state index in [4.69, 9.17) is 28.4 Å². The number of aliphatic hydroxyl groups is 3. The van der Waals surface area contributed by atoms with Crippen LogP contribution >= 0.6 is 0 Å². The van der Waals surface area contributed by atoms with Crippen LogP contribution in [-0.4, -0.2) is 135 Å². The number of aliphatic hydroxyl groups excluding tert-OH is 3. The molecule has 2 rings (SSSR count). The minimum Gasteiger partial charge on any atom is -0.458 e. The standard InChI is InChI=1S/C45H75NO12/c1-28-15-18-34(53-8)23-35-13-12-14-36(57-35)24-40(54-9)37(26-47)41(55-10)25-39(50)32(5)45(58-42(51)20-16-28)33(6)43(52)29(2)17-19-38(49)31(4)44(56-11)30(3)21-22-46(7)27-48/h12-13,15-16,20-22,27,29-37,39-41,43-45,47,50,52H,14,17-19,23-26H2,1-11H3. The number of carbonyl (C=O) groups excluding carboxylic acids is 3. The number of Topliss-reactive ketones (excluding diaryl/α,β-unsaturated/α-hetero) is 1. The first kappa shape index (κ1) is 51.4. The van der Waals surface area contributed by atoms with Crippen LogP contribution in [0.25, 0.3) is 0 Å². The van der Waals surface area contributed by atoms with Crippen molar-refractivity contribution in [1.82, 2.24) is 4.90 Å². The Kier molecular flexibility index (Phi) is 23.4. The molecule has 332 valence electrons. The highest BCUT2D eigenvalue weighted by Gasteiger charge is 2.40. The molecule has 13 heteroatoms. The Morgan fingerprint density at radius 2 is 1.69 bits per heavy atom. The Morgan fingerprint density at radius 1 is 1.02 bits per heavy atom. The van der Waals surface area contributed by atoms with Gasteiger partial charge in [-0.05, 0) is 32.1 Å². The molecule has 2 aliphatic rings. The summed E-state index contributed by atoms with van der Waals surface area (Å²) in [5.74, 6) is -3.40. The Morgan fingerprint density at radius 3 is 2.29 bits per heavy atom. The van der Waals surface area contributed by atoms with Gasteiger partial charge in [0.05, 0.1) is 55.4 Å². The number of methoxy groups -OCH3 is 4. The lowest BCUT2D eigenvalue weighted by atomic mass is 9.78. The van der Waals surface area contributed by atoms with Gasteiger partial charge in [-0.15, -0.1) is 0 Å². The molecule has 0 radical (unpaired) electrons. The second-order valence-electron chi connectivity index (χ2n) is 16.6. The molecule has 0 aromatic heterocycles. The van der Waals surface area contributed by atoms with Crippen LogP contribution in [0, 0.1) is 35.5 Å². The Labute approximate surface area is 347 Å². The van der Waals surface area contributed by atoms with E-state index in [-0.39, 0.29) is 55.4 Å². The quantitative estimate of drug-likeness (QED) is 0.0997. The molecule has 0 fully saturated rings. The van der Waals surface area contributed by atoms with Crippen LogP contribution in [0.2, 0.25) is 0 Å². The maximum atomic E-state index is 13.4. The summed E-state index contributed by atoms with van der Waals surface area (Å²) in [4.78, 5) is 39.2. The first-order chi connectivity index (χ1) is 27.5. The van der Waals surface area contributed by atoms with E-state index >= 15 is 0 Å². The van der Waals surface area contributed by atoms with Crippen LogP contribution in [0.4, 0.5) is 0 Å². The first-order valence-electron chi connectivity index (χ1n) is 20.9. The van der Waals surface area contributed by atoms with Gasteiger partial charge in [-0.3, -0.25) is 9.59 Å². The summed E-state index contributed by atoms with van der Waals surface area (Å²) in [5, 5.41) is 34.2. The van der Waals surface area contributed by atoms with Crippen molar-refractivity contribution in [1.29, 1.82) is 0 Å². The van der Waals surface area contributed by atoms with Gasteiger partial charge in [0.15, 0.2) is 0 Å². The molecule has 2 bridgehead atoms. The number of allylic oxidation sites excluding steroid dienone is 2. The van der Waals surface area contributed by atoms with Gasteiger partial charge in [0, 0.05) is 103 Å². The normalized spacial score (nSPS) is 31.3. The molecule has 13 nitrogen and oxygen atoms in total. The fraction of sp³-hybridized carbons (Fsp3) is 0.756. The van der Waals surface area contributed by atoms with Crippen molar-refractivity contribution in [3.8, 4) is 0 Å². The second-order valence-corrected chi connectivity index (χ2v) is 16.6. The minimum atomic E-state index is -1.06. The number of carbonyl (C=O) groups is 3. The average molecular weight is 822 g/mol. The Hall–Kier alpha value is -2.75. The number of ether oxygens (including phenoxy) is 6. The van der Waals surface area contributed by atoms with Gasteiger partial charge in [-0.2, -0.15) is 0 Å². The van der Waals surface area contributed by atoms with E-state index in [0.29, 0.717) is 38.5 Å². The maximum Gasteiger partial charge on any atom is 0.331 e. The predicted molar refractivity (Wildman–Crippen MR) is 222 cm³/mol. The van der Waals surface area contributed by atoms with E-state index < -0.39 is 66.3 Å². The van der Waals surface area contributed by atoms with Gasteiger partial charge in [0.1, 0.15) is 11.9 Å². The largest absolute Gasteiger partial charge is 0.458 e. The van der Waals surface area contributed by atoms with Crippen molar-refractivity contribution in [2.75, 3.05) is 42.1 Å². The van der Waals surface area contributed by atoms with E-state index in [1.54, 1.807) is 54.5 Å². The summed E-state index contributed by atoms with van der Waals surface area (Å²) in [7, 11) is 7.98. The third kappa shape index (κ3) is 16.0. The molecule has 15 unspecified atom stereocenters. The molecule has 0 aliphatic carbocycles. The van der Waals surface area contributed by atoms with Crippen molar-refractivity contribution in [3.63, 3.8) is 0 Å². The summed E-state index contributed by atoms with van der Waals surface area (Å²) >= 11 is 0. The van der Waals surface area contributed by atoms with Crippen LogP contribution in [0.5, 0.6) is 0 Å². The van der Waals surface area contributed by atoms with Gasteiger partial charge in [0.25, 0.3) is 0 Å². The molecule has 2 aliphatic heterocycles. The maximum absolute atomic E-state index is 13.4. The number of rotatable bonds is 17. The molecular formula is C45H75NO12. The van der Waals surface area contributed by atoms with Crippen molar-refractivity contribution < 1.29 is 58.1 Å². The number of ketones is 1. The fourth-order valence-electron chi connectivity index (χ4n) is 8.27. The molecule has 0 aromatic carbocycles. The Bertz CT molecular complexity index is 1350. The first-order valence-corrected chi connectivity index (χ1v) is 20.9. The van der Waals surface area contributed by atoms with Gasteiger partial charge in [-0.25, -0.2) is 4.79 Å².